The number of nitrogens with zero attached hydrogens (tertiary/aromatic N) is 1. The highest BCUT2D eigenvalue weighted by atomic mass is 32.2. The van der Waals surface area contributed by atoms with Crippen molar-refractivity contribution in [3.8, 4) is 45.3 Å². The van der Waals surface area contributed by atoms with Gasteiger partial charge >= 0.3 is 0 Å². The number of ether oxygens (including phenoxy) is 2. The summed E-state index contributed by atoms with van der Waals surface area (Å²) in [7, 11) is 0. The normalized spacial score (nSPS) is 13.5. The van der Waals surface area contributed by atoms with Crippen molar-refractivity contribution in [2.45, 2.75) is 29.1 Å². The van der Waals surface area contributed by atoms with E-state index in [0.717, 1.165) is 51.2 Å². The number of fused-ring (bicyclic) bond motifs is 4. The number of benzene rings is 7. The zero-order valence-electron chi connectivity index (χ0n) is 27.3. The van der Waals surface area contributed by atoms with E-state index in [1.54, 1.807) is 0 Å². The average Bonchev–Trinajstić information content (AvgIpc) is 3.15. The molecule has 0 radical (unpaired) electrons. The van der Waals surface area contributed by atoms with Crippen molar-refractivity contribution in [1.29, 1.82) is 0 Å². The first-order chi connectivity index (χ1) is 24.0. The summed E-state index contributed by atoms with van der Waals surface area (Å²) in [6.07, 6.45) is 0. The van der Waals surface area contributed by atoms with Gasteiger partial charge in [0.05, 0.1) is 5.69 Å². The monoisotopic (exact) mass is 651 g/mol. The molecule has 0 bridgehead atoms. The van der Waals surface area contributed by atoms with Gasteiger partial charge in [0.2, 0.25) is 0 Å². The molecule has 2 heterocycles. The molecule has 0 saturated carbocycles. The summed E-state index contributed by atoms with van der Waals surface area (Å²) < 4.78 is 12.6. The second-order valence-electron chi connectivity index (χ2n) is 13.0. The van der Waals surface area contributed by atoms with Gasteiger partial charge in [0.15, 0.2) is 23.0 Å². The molecule has 0 atom stereocenters. The maximum absolute atomic E-state index is 6.40. The Morgan fingerprint density at radius 3 is 1.80 bits per heavy atom. The summed E-state index contributed by atoms with van der Waals surface area (Å²) in [5, 5.41) is 0. The topological polar surface area (TPSA) is 21.7 Å². The van der Waals surface area contributed by atoms with Crippen LogP contribution in [0, 0.1) is 0 Å². The molecular weight excluding hydrogens is 619 g/mol. The third kappa shape index (κ3) is 5.08. The first-order valence-corrected chi connectivity index (χ1v) is 17.4. The van der Waals surface area contributed by atoms with Crippen LogP contribution >= 0.6 is 11.8 Å². The van der Waals surface area contributed by atoms with Crippen molar-refractivity contribution < 1.29 is 9.47 Å². The first-order valence-electron chi connectivity index (χ1n) is 16.6. The maximum Gasteiger partial charge on any atom is 0.177 e. The minimum Gasteiger partial charge on any atom is -0.449 e. The highest BCUT2D eigenvalue weighted by molar-refractivity contribution is 7.99. The molecule has 9 rings (SSSR count). The van der Waals surface area contributed by atoms with Crippen molar-refractivity contribution in [3.63, 3.8) is 0 Å². The van der Waals surface area contributed by atoms with Crippen LogP contribution in [0.4, 0.5) is 17.1 Å². The second-order valence-corrected chi connectivity index (χ2v) is 14.0. The number of hydrogen-bond donors (Lipinski definition) is 0. The molecule has 0 spiro atoms. The van der Waals surface area contributed by atoms with Gasteiger partial charge in [-0.05, 0) is 82.4 Å². The number of hydrogen-bond acceptors (Lipinski definition) is 4. The third-order valence-corrected chi connectivity index (χ3v) is 10.8. The van der Waals surface area contributed by atoms with Crippen LogP contribution in [0.25, 0.3) is 22.3 Å². The largest absolute Gasteiger partial charge is 0.449 e. The van der Waals surface area contributed by atoms with Gasteiger partial charge < -0.3 is 14.4 Å². The van der Waals surface area contributed by atoms with Crippen LogP contribution in [0.3, 0.4) is 0 Å². The van der Waals surface area contributed by atoms with Crippen LogP contribution < -0.4 is 14.4 Å². The summed E-state index contributed by atoms with van der Waals surface area (Å²) >= 11 is 1.87. The van der Waals surface area contributed by atoms with Gasteiger partial charge in [-0.2, -0.15) is 0 Å². The summed E-state index contributed by atoms with van der Waals surface area (Å²) in [5.74, 6) is 2.90. The molecule has 4 heteroatoms. The molecule has 0 fully saturated rings. The van der Waals surface area contributed by atoms with Crippen LogP contribution in [0.15, 0.2) is 174 Å². The maximum atomic E-state index is 6.40. The SMILES string of the molecule is CC1(C)c2ccccc2Sc2c(N(c3ccc(-c4ccccc4)cc3)c3ccc(-c4cccc5c4Oc4ccccc4O5)cc3)cccc21. The van der Waals surface area contributed by atoms with E-state index in [1.165, 1.54) is 32.0 Å². The lowest BCUT2D eigenvalue weighted by molar-refractivity contribution is 0.361. The third-order valence-electron chi connectivity index (χ3n) is 9.61. The van der Waals surface area contributed by atoms with Crippen molar-refractivity contribution in [2.24, 2.45) is 0 Å². The smallest absolute Gasteiger partial charge is 0.177 e. The Balaban J connectivity index is 1.15. The van der Waals surface area contributed by atoms with Gasteiger partial charge in [-0.15, -0.1) is 0 Å². The number of anilines is 3. The van der Waals surface area contributed by atoms with Crippen molar-refractivity contribution in [2.75, 3.05) is 4.90 Å². The molecule has 0 aromatic heterocycles. The van der Waals surface area contributed by atoms with E-state index in [-0.39, 0.29) is 5.41 Å². The van der Waals surface area contributed by atoms with Crippen LogP contribution in [0.5, 0.6) is 23.0 Å². The van der Waals surface area contributed by atoms with Crippen molar-refractivity contribution >= 4 is 28.8 Å². The van der Waals surface area contributed by atoms with Gasteiger partial charge in [0, 0.05) is 32.1 Å². The van der Waals surface area contributed by atoms with E-state index in [0.29, 0.717) is 0 Å². The Bertz CT molecular complexity index is 2330. The van der Waals surface area contributed by atoms with Crippen LogP contribution in [0.1, 0.15) is 25.0 Å². The summed E-state index contributed by atoms with van der Waals surface area (Å²) in [5.41, 5.74) is 10.4. The van der Waals surface area contributed by atoms with E-state index in [9.17, 15) is 0 Å². The Labute approximate surface area is 291 Å². The lowest BCUT2D eigenvalue weighted by atomic mass is 9.77. The lowest BCUT2D eigenvalue weighted by Gasteiger charge is -2.37. The van der Waals surface area contributed by atoms with Gasteiger partial charge in [-0.1, -0.05) is 135 Å². The Kier molecular flexibility index (Phi) is 7.07. The summed E-state index contributed by atoms with van der Waals surface area (Å²) in [4.78, 5) is 4.98. The Hall–Kier alpha value is -5.71. The fraction of sp³-hybridized carbons (Fsp3) is 0.0667. The molecule has 3 nitrogen and oxygen atoms in total. The zero-order valence-corrected chi connectivity index (χ0v) is 28.1. The predicted molar refractivity (Wildman–Crippen MR) is 201 cm³/mol. The number of para-hydroxylation sites is 3. The Morgan fingerprint density at radius 2 is 1.04 bits per heavy atom. The first kappa shape index (κ1) is 29.4. The molecule has 236 valence electrons. The zero-order chi connectivity index (χ0) is 33.0. The van der Waals surface area contributed by atoms with Crippen LogP contribution in [-0.4, -0.2) is 0 Å². The molecule has 0 unspecified atom stereocenters. The molecule has 7 aromatic carbocycles. The molecular formula is C45H33NO2S. The minimum absolute atomic E-state index is 0.132. The van der Waals surface area contributed by atoms with Gasteiger partial charge in [-0.3, -0.25) is 0 Å². The molecule has 7 aromatic rings. The fourth-order valence-electron chi connectivity index (χ4n) is 7.05. The lowest BCUT2D eigenvalue weighted by Crippen LogP contribution is -2.25. The summed E-state index contributed by atoms with van der Waals surface area (Å²) in [6.45, 7) is 4.68. The van der Waals surface area contributed by atoms with E-state index in [4.69, 9.17) is 9.47 Å². The van der Waals surface area contributed by atoms with Crippen LogP contribution in [0.2, 0.25) is 0 Å². The molecule has 49 heavy (non-hydrogen) atoms. The molecule has 0 amide bonds. The van der Waals surface area contributed by atoms with E-state index < -0.39 is 0 Å². The fourth-order valence-corrected chi connectivity index (χ4v) is 8.55. The standard InChI is InChI=1S/C45H33NO2S/c1-45(2)36-15-6-9-21-42(36)49-44-37(45)16-11-17-38(44)46(33-26-22-31(23-27-33)30-12-4-3-5-13-30)34-28-24-32(25-29-34)35-14-10-20-41-43(35)48-40-19-8-7-18-39(40)47-41/h3-29H,1-2H3. The number of rotatable bonds is 5. The summed E-state index contributed by atoms with van der Waals surface area (Å²) in [6, 6.07) is 57.7. The Morgan fingerprint density at radius 1 is 0.469 bits per heavy atom. The average molecular weight is 652 g/mol. The molecule has 0 N–H and O–H groups in total. The van der Waals surface area contributed by atoms with Gasteiger partial charge in [0.25, 0.3) is 0 Å². The van der Waals surface area contributed by atoms with Gasteiger partial charge in [-0.25, -0.2) is 0 Å². The van der Waals surface area contributed by atoms with E-state index in [2.05, 4.69) is 146 Å². The highest BCUT2D eigenvalue weighted by Gasteiger charge is 2.35. The van der Waals surface area contributed by atoms with E-state index in [1.807, 2.05) is 48.2 Å². The predicted octanol–water partition coefficient (Wildman–Crippen LogP) is 13.2. The molecule has 2 aliphatic rings. The minimum atomic E-state index is -0.132. The quantitative estimate of drug-likeness (QED) is 0.185. The molecule has 0 saturated heterocycles. The molecule has 0 aliphatic carbocycles. The molecule has 2 aliphatic heterocycles. The van der Waals surface area contributed by atoms with E-state index >= 15 is 0 Å². The second kappa shape index (κ2) is 11.8. The highest BCUT2D eigenvalue weighted by Crippen LogP contribution is 2.54. The van der Waals surface area contributed by atoms with Crippen LogP contribution in [-0.2, 0) is 5.41 Å². The van der Waals surface area contributed by atoms with Crippen molar-refractivity contribution in [3.05, 3.63) is 175 Å². The van der Waals surface area contributed by atoms with Gasteiger partial charge in [0.1, 0.15) is 0 Å². The van der Waals surface area contributed by atoms with Crippen molar-refractivity contribution in [1.82, 2.24) is 0 Å².